The number of rotatable bonds is 9. The summed E-state index contributed by atoms with van der Waals surface area (Å²) in [6, 6.07) is 23.9. The van der Waals surface area contributed by atoms with E-state index in [1.165, 1.54) is 5.56 Å². The average Bonchev–Trinajstić information content (AvgIpc) is 3.18. The van der Waals surface area contributed by atoms with Crippen molar-refractivity contribution in [3.8, 4) is 5.75 Å². The number of hydrogen-bond acceptors (Lipinski definition) is 3. The van der Waals surface area contributed by atoms with E-state index >= 15 is 0 Å². The first-order chi connectivity index (χ1) is 15.6. The summed E-state index contributed by atoms with van der Waals surface area (Å²) >= 11 is 0. The predicted molar refractivity (Wildman–Crippen MR) is 128 cm³/mol. The number of para-hydroxylation sites is 2. The second-order valence-electron chi connectivity index (χ2n) is 7.92. The third-order valence-corrected chi connectivity index (χ3v) is 5.55. The first kappa shape index (κ1) is 21.6. The number of nitrogens with zero attached hydrogens (tertiary/aromatic N) is 2. The average molecular weight is 428 g/mol. The lowest BCUT2D eigenvalue weighted by Gasteiger charge is -2.11. The van der Waals surface area contributed by atoms with Crippen LogP contribution < -0.4 is 10.1 Å². The van der Waals surface area contributed by atoms with Crippen molar-refractivity contribution < 1.29 is 9.53 Å². The molecule has 32 heavy (non-hydrogen) atoms. The molecule has 0 radical (unpaired) electrons. The molecule has 0 saturated carbocycles. The molecule has 1 heterocycles. The quantitative estimate of drug-likeness (QED) is 0.369. The van der Waals surface area contributed by atoms with E-state index in [4.69, 9.17) is 9.72 Å². The topological polar surface area (TPSA) is 56.1 Å². The number of carbonyl (C=O) groups is 1. The van der Waals surface area contributed by atoms with E-state index in [1.807, 2.05) is 61.5 Å². The van der Waals surface area contributed by atoms with Gasteiger partial charge in [0.25, 0.3) is 5.91 Å². The second kappa shape index (κ2) is 10.1. The summed E-state index contributed by atoms with van der Waals surface area (Å²) in [4.78, 5) is 17.4. The maximum Gasteiger partial charge on any atom is 0.251 e. The molecule has 1 aromatic heterocycles. The molecule has 1 N–H and O–H groups in total. The lowest BCUT2D eigenvalue weighted by Crippen LogP contribution is -2.25. The van der Waals surface area contributed by atoms with Crippen molar-refractivity contribution in [1.82, 2.24) is 14.9 Å². The summed E-state index contributed by atoms with van der Waals surface area (Å²) in [6.07, 6.45) is 1.87. The van der Waals surface area contributed by atoms with Gasteiger partial charge in [0.2, 0.25) is 0 Å². The minimum atomic E-state index is -0.0915. The van der Waals surface area contributed by atoms with Crippen LogP contribution in [0.2, 0.25) is 0 Å². The molecule has 0 saturated heterocycles. The molecule has 3 aromatic carbocycles. The van der Waals surface area contributed by atoms with Gasteiger partial charge in [-0.25, -0.2) is 4.98 Å². The fourth-order valence-electron chi connectivity index (χ4n) is 3.79. The molecule has 0 spiro atoms. The van der Waals surface area contributed by atoms with Gasteiger partial charge in [0, 0.05) is 12.1 Å². The Hall–Kier alpha value is -3.60. The Morgan fingerprint density at radius 1 is 1.03 bits per heavy atom. The zero-order valence-corrected chi connectivity index (χ0v) is 18.7. The fourth-order valence-corrected chi connectivity index (χ4v) is 3.79. The summed E-state index contributed by atoms with van der Waals surface area (Å²) in [5.74, 6) is 1.65. The Kier molecular flexibility index (Phi) is 6.85. The van der Waals surface area contributed by atoms with E-state index in [1.54, 1.807) is 0 Å². The lowest BCUT2D eigenvalue weighted by atomic mass is 10.1. The number of ether oxygens (including phenoxy) is 1. The highest BCUT2D eigenvalue weighted by Crippen LogP contribution is 2.18. The van der Waals surface area contributed by atoms with Gasteiger partial charge >= 0.3 is 0 Å². The summed E-state index contributed by atoms with van der Waals surface area (Å²) in [6.45, 7) is 5.89. The van der Waals surface area contributed by atoms with Gasteiger partial charge in [0.05, 0.1) is 24.2 Å². The maximum atomic E-state index is 12.6. The van der Waals surface area contributed by atoms with Crippen molar-refractivity contribution in [3.63, 3.8) is 0 Å². The molecule has 0 aliphatic heterocycles. The smallest absolute Gasteiger partial charge is 0.251 e. The summed E-state index contributed by atoms with van der Waals surface area (Å²) in [5.41, 5.74) is 5.03. The second-order valence-corrected chi connectivity index (χ2v) is 7.92. The summed E-state index contributed by atoms with van der Waals surface area (Å²) in [5, 5.41) is 3.02. The third kappa shape index (κ3) is 5.17. The van der Waals surface area contributed by atoms with Gasteiger partial charge in [-0.1, -0.05) is 48.9 Å². The number of aryl methyl sites for hydroxylation is 3. The molecule has 0 fully saturated rings. The van der Waals surface area contributed by atoms with Crippen LogP contribution in [0.3, 0.4) is 0 Å². The van der Waals surface area contributed by atoms with Gasteiger partial charge in [-0.2, -0.15) is 0 Å². The van der Waals surface area contributed by atoms with Gasteiger partial charge in [0.1, 0.15) is 11.6 Å². The number of hydrogen-bond donors (Lipinski definition) is 1. The van der Waals surface area contributed by atoms with Crippen molar-refractivity contribution >= 4 is 16.9 Å². The lowest BCUT2D eigenvalue weighted by molar-refractivity contribution is 0.0949. The molecular formula is C27H29N3O2. The molecule has 0 bridgehead atoms. The molecule has 0 aliphatic carbocycles. The number of nitrogens with one attached hydrogen (secondary N) is 1. The van der Waals surface area contributed by atoms with Crippen molar-refractivity contribution in [2.24, 2.45) is 0 Å². The minimum absolute atomic E-state index is 0.0915. The van der Waals surface area contributed by atoms with E-state index < -0.39 is 0 Å². The SMILES string of the molecule is CCc1ccc(OCCCn2c(CNC(=O)c3cccc(C)c3)nc3ccccc32)cc1. The Balaban J connectivity index is 1.41. The zero-order valence-electron chi connectivity index (χ0n) is 18.7. The Bertz CT molecular complexity index is 1200. The molecule has 164 valence electrons. The molecule has 0 atom stereocenters. The van der Waals surface area contributed by atoms with Crippen LogP contribution in [0.25, 0.3) is 11.0 Å². The molecule has 5 heteroatoms. The van der Waals surface area contributed by atoms with E-state index in [0.29, 0.717) is 18.7 Å². The number of fused-ring (bicyclic) bond motifs is 1. The monoisotopic (exact) mass is 427 g/mol. The molecular weight excluding hydrogens is 398 g/mol. The van der Waals surface area contributed by atoms with Crippen molar-refractivity contribution in [1.29, 1.82) is 0 Å². The number of carbonyl (C=O) groups excluding carboxylic acids is 1. The molecule has 4 rings (SSSR count). The summed E-state index contributed by atoms with van der Waals surface area (Å²) < 4.78 is 8.10. The van der Waals surface area contributed by atoms with E-state index in [2.05, 4.69) is 35.0 Å². The van der Waals surface area contributed by atoms with Crippen molar-refractivity contribution in [2.75, 3.05) is 6.61 Å². The van der Waals surface area contributed by atoms with E-state index in [0.717, 1.165) is 47.6 Å². The number of aromatic nitrogens is 2. The zero-order chi connectivity index (χ0) is 22.3. The predicted octanol–water partition coefficient (Wildman–Crippen LogP) is 5.31. The molecule has 5 nitrogen and oxygen atoms in total. The van der Waals surface area contributed by atoms with E-state index in [9.17, 15) is 4.79 Å². The van der Waals surface area contributed by atoms with Crippen LogP contribution in [0, 0.1) is 6.92 Å². The molecule has 1 amide bonds. The first-order valence-electron chi connectivity index (χ1n) is 11.1. The Morgan fingerprint density at radius 2 is 1.84 bits per heavy atom. The van der Waals surface area contributed by atoms with Crippen molar-refractivity contribution in [2.45, 2.75) is 39.8 Å². The Morgan fingerprint density at radius 3 is 2.62 bits per heavy atom. The summed E-state index contributed by atoms with van der Waals surface area (Å²) in [7, 11) is 0. The highest BCUT2D eigenvalue weighted by Gasteiger charge is 2.12. The maximum absolute atomic E-state index is 12.6. The largest absolute Gasteiger partial charge is 0.494 e. The fraction of sp³-hybridized carbons (Fsp3) is 0.259. The van der Waals surface area contributed by atoms with Gasteiger partial charge in [-0.05, 0) is 61.7 Å². The van der Waals surface area contributed by atoms with E-state index in [-0.39, 0.29) is 5.91 Å². The van der Waals surface area contributed by atoms with Crippen LogP contribution in [0.1, 0.15) is 40.7 Å². The third-order valence-electron chi connectivity index (χ3n) is 5.55. The van der Waals surface area contributed by atoms with Gasteiger partial charge < -0.3 is 14.6 Å². The number of benzene rings is 3. The normalized spacial score (nSPS) is 10.9. The standard InChI is InChI=1S/C27H29N3O2/c1-3-21-12-14-23(15-13-21)32-17-7-16-30-25-11-5-4-10-24(25)29-26(30)19-28-27(31)22-9-6-8-20(2)18-22/h4-6,8-15,18H,3,7,16-17,19H2,1-2H3,(H,28,31). The van der Waals surface area contributed by atoms with Crippen LogP contribution >= 0.6 is 0 Å². The van der Waals surface area contributed by atoms with Gasteiger partial charge in [-0.15, -0.1) is 0 Å². The molecule has 4 aromatic rings. The van der Waals surface area contributed by atoms with Crippen LogP contribution in [0.4, 0.5) is 0 Å². The van der Waals surface area contributed by atoms with Crippen molar-refractivity contribution in [3.05, 3.63) is 95.3 Å². The molecule has 0 aliphatic rings. The minimum Gasteiger partial charge on any atom is -0.494 e. The van der Waals surface area contributed by atoms with Crippen LogP contribution in [0.5, 0.6) is 5.75 Å². The van der Waals surface area contributed by atoms with Crippen LogP contribution in [-0.4, -0.2) is 22.1 Å². The van der Waals surface area contributed by atoms with Gasteiger partial charge in [0.15, 0.2) is 0 Å². The highest BCUT2D eigenvalue weighted by atomic mass is 16.5. The number of amides is 1. The number of imidazole rings is 1. The van der Waals surface area contributed by atoms with Gasteiger partial charge in [-0.3, -0.25) is 4.79 Å². The Labute approximate surface area is 189 Å². The first-order valence-corrected chi connectivity index (χ1v) is 11.1. The van der Waals surface area contributed by atoms with Crippen LogP contribution in [0.15, 0.2) is 72.8 Å². The van der Waals surface area contributed by atoms with Crippen LogP contribution in [-0.2, 0) is 19.5 Å². The highest BCUT2D eigenvalue weighted by molar-refractivity contribution is 5.94. The molecule has 0 unspecified atom stereocenters.